The lowest BCUT2D eigenvalue weighted by Gasteiger charge is -2.11. The van der Waals surface area contributed by atoms with Gasteiger partial charge >= 0.3 is 0 Å². The summed E-state index contributed by atoms with van der Waals surface area (Å²) in [6.45, 7) is 2.65. The molecular weight excluding hydrogens is 323 g/mol. The Morgan fingerprint density at radius 3 is 2.75 bits per heavy atom. The lowest BCUT2D eigenvalue weighted by atomic mass is 10.2. The predicted molar refractivity (Wildman–Crippen MR) is 84.0 cm³/mol. The van der Waals surface area contributed by atoms with Gasteiger partial charge in [-0.3, -0.25) is 0 Å². The Hall–Kier alpha value is -1.75. The monoisotopic (exact) mass is 338 g/mol. The predicted octanol–water partition coefficient (Wildman–Crippen LogP) is 4.70. The number of nitrogens with one attached hydrogen (secondary N) is 1. The molecule has 0 heterocycles. The first-order chi connectivity index (χ1) is 9.58. The minimum atomic E-state index is -0.335. The van der Waals surface area contributed by atoms with Gasteiger partial charge in [-0.1, -0.05) is 22.9 Å². The van der Waals surface area contributed by atoms with Gasteiger partial charge in [0, 0.05) is 28.0 Å². The van der Waals surface area contributed by atoms with Gasteiger partial charge in [0.1, 0.15) is 11.6 Å². The van der Waals surface area contributed by atoms with Crippen LogP contribution in [0, 0.1) is 5.82 Å². The van der Waals surface area contributed by atoms with Crippen molar-refractivity contribution < 1.29 is 9.13 Å². The van der Waals surface area contributed by atoms with Gasteiger partial charge in [-0.05, 0) is 30.7 Å². The zero-order chi connectivity index (χ0) is 14.5. The first-order valence-electron chi connectivity index (χ1n) is 6.34. The van der Waals surface area contributed by atoms with Gasteiger partial charge in [-0.25, -0.2) is 4.39 Å². The van der Waals surface area contributed by atoms with E-state index in [9.17, 15) is 4.39 Å². The van der Waals surface area contributed by atoms with Crippen LogP contribution in [0.4, 0.5) is 21.5 Å². The Balaban J connectivity index is 2.21. The van der Waals surface area contributed by atoms with Crippen LogP contribution in [0.1, 0.15) is 13.3 Å². The molecule has 0 aliphatic heterocycles. The normalized spacial score (nSPS) is 10.3. The molecule has 0 bridgehead atoms. The van der Waals surface area contributed by atoms with Crippen LogP contribution in [0.25, 0.3) is 0 Å². The molecule has 0 unspecified atom stereocenters. The van der Waals surface area contributed by atoms with Crippen molar-refractivity contribution >= 4 is 33.0 Å². The lowest BCUT2D eigenvalue weighted by molar-refractivity contribution is 0.318. The van der Waals surface area contributed by atoms with E-state index >= 15 is 0 Å². The van der Waals surface area contributed by atoms with Crippen LogP contribution >= 0.6 is 15.9 Å². The summed E-state index contributed by atoms with van der Waals surface area (Å²) in [5, 5.41) is 3.00. The van der Waals surface area contributed by atoms with Crippen molar-refractivity contribution in [1.29, 1.82) is 0 Å². The van der Waals surface area contributed by atoms with E-state index in [1.807, 2.05) is 6.92 Å². The number of benzene rings is 2. The smallest absolute Gasteiger partial charge is 0.147 e. The number of hydrogen-bond acceptors (Lipinski definition) is 3. The third-order valence-electron chi connectivity index (χ3n) is 2.61. The zero-order valence-corrected chi connectivity index (χ0v) is 12.7. The maximum absolute atomic E-state index is 13.8. The largest absolute Gasteiger partial charge is 0.493 e. The highest BCUT2D eigenvalue weighted by molar-refractivity contribution is 9.10. The van der Waals surface area contributed by atoms with E-state index in [1.54, 1.807) is 30.3 Å². The van der Waals surface area contributed by atoms with Gasteiger partial charge in [0.15, 0.2) is 0 Å². The van der Waals surface area contributed by atoms with E-state index in [0.29, 0.717) is 33.9 Å². The quantitative estimate of drug-likeness (QED) is 0.776. The second-order valence-corrected chi connectivity index (χ2v) is 5.30. The Morgan fingerprint density at radius 2 is 2.05 bits per heavy atom. The maximum Gasteiger partial charge on any atom is 0.147 e. The van der Waals surface area contributed by atoms with E-state index in [-0.39, 0.29) is 5.82 Å². The maximum atomic E-state index is 13.8. The van der Waals surface area contributed by atoms with Gasteiger partial charge in [0.25, 0.3) is 0 Å². The second kappa shape index (κ2) is 6.61. The van der Waals surface area contributed by atoms with E-state index in [2.05, 4.69) is 21.2 Å². The van der Waals surface area contributed by atoms with Crippen LogP contribution in [-0.4, -0.2) is 6.61 Å². The van der Waals surface area contributed by atoms with Crippen molar-refractivity contribution in [2.75, 3.05) is 17.7 Å². The molecule has 2 rings (SSSR count). The number of nitrogens with two attached hydrogens (primary N) is 1. The number of nitrogen functional groups attached to an aromatic ring is 1. The van der Waals surface area contributed by atoms with E-state index in [0.717, 1.165) is 6.42 Å². The minimum Gasteiger partial charge on any atom is -0.493 e. The highest BCUT2D eigenvalue weighted by Gasteiger charge is 2.05. The molecule has 0 aliphatic carbocycles. The van der Waals surface area contributed by atoms with Gasteiger partial charge in [-0.15, -0.1) is 0 Å². The van der Waals surface area contributed by atoms with Crippen LogP contribution in [0.2, 0.25) is 0 Å². The summed E-state index contributed by atoms with van der Waals surface area (Å²) in [5.41, 5.74) is 7.47. The van der Waals surface area contributed by atoms with E-state index in [4.69, 9.17) is 10.5 Å². The fraction of sp³-hybridized carbons (Fsp3) is 0.200. The molecular formula is C15H16BrFN2O. The van der Waals surface area contributed by atoms with Crippen molar-refractivity contribution in [3.63, 3.8) is 0 Å². The van der Waals surface area contributed by atoms with Gasteiger partial charge in [0.2, 0.25) is 0 Å². The Kier molecular flexibility index (Phi) is 4.84. The Morgan fingerprint density at radius 1 is 1.25 bits per heavy atom. The molecule has 0 saturated heterocycles. The van der Waals surface area contributed by atoms with Gasteiger partial charge in [0.05, 0.1) is 12.3 Å². The van der Waals surface area contributed by atoms with Crippen molar-refractivity contribution in [3.05, 3.63) is 46.7 Å². The standard InChI is InChI=1S/C15H16BrFN2O/c1-2-5-20-13-8-11(18)7-12(9-13)19-15-4-3-10(16)6-14(15)17/h3-4,6-9,19H,2,5,18H2,1H3. The van der Waals surface area contributed by atoms with Crippen LogP contribution < -0.4 is 15.8 Å². The third-order valence-corrected chi connectivity index (χ3v) is 3.11. The molecule has 0 amide bonds. The summed E-state index contributed by atoms with van der Waals surface area (Å²) >= 11 is 3.23. The van der Waals surface area contributed by atoms with Crippen molar-refractivity contribution in [3.8, 4) is 5.75 Å². The number of rotatable bonds is 5. The van der Waals surface area contributed by atoms with Crippen molar-refractivity contribution in [2.24, 2.45) is 0 Å². The van der Waals surface area contributed by atoms with Crippen LogP contribution in [0.5, 0.6) is 5.75 Å². The first-order valence-corrected chi connectivity index (χ1v) is 7.13. The van der Waals surface area contributed by atoms with Crippen LogP contribution in [0.15, 0.2) is 40.9 Å². The molecule has 3 N–H and O–H groups in total. The number of halogens is 2. The average Bonchev–Trinajstić information content (AvgIpc) is 2.39. The van der Waals surface area contributed by atoms with Gasteiger partial charge < -0.3 is 15.8 Å². The lowest BCUT2D eigenvalue weighted by Crippen LogP contribution is -1.99. The summed E-state index contributed by atoms with van der Waals surface area (Å²) in [6, 6.07) is 10.1. The molecule has 0 fully saturated rings. The Bertz CT molecular complexity index is 604. The van der Waals surface area contributed by atoms with Crippen LogP contribution in [-0.2, 0) is 0 Å². The fourth-order valence-electron chi connectivity index (χ4n) is 1.74. The van der Waals surface area contributed by atoms with Crippen molar-refractivity contribution in [1.82, 2.24) is 0 Å². The molecule has 106 valence electrons. The third kappa shape index (κ3) is 3.87. The zero-order valence-electron chi connectivity index (χ0n) is 11.1. The van der Waals surface area contributed by atoms with E-state index < -0.39 is 0 Å². The first kappa shape index (κ1) is 14.7. The Labute approximate surface area is 126 Å². The SMILES string of the molecule is CCCOc1cc(N)cc(Nc2ccc(Br)cc2F)c1. The molecule has 2 aromatic carbocycles. The molecule has 0 atom stereocenters. The highest BCUT2D eigenvalue weighted by Crippen LogP contribution is 2.27. The highest BCUT2D eigenvalue weighted by atomic mass is 79.9. The topological polar surface area (TPSA) is 47.3 Å². The van der Waals surface area contributed by atoms with Crippen molar-refractivity contribution in [2.45, 2.75) is 13.3 Å². The molecule has 5 heteroatoms. The molecule has 3 nitrogen and oxygen atoms in total. The molecule has 0 saturated carbocycles. The summed E-state index contributed by atoms with van der Waals surface area (Å²) in [6.07, 6.45) is 0.916. The minimum absolute atomic E-state index is 0.335. The molecule has 0 aliphatic rings. The molecule has 20 heavy (non-hydrogen) atoms. The summed E-state index contributed by atoms with van der Waals surface area (Å²) < 4.78 is 20.0. The van der Waals surface area contributed by atoms with E-state index in [1.165, 1.54) is 6.07 Å². The average molecular weight is 339 g/mol. The summed E-state index contributed by atoms with van der Waals surface area (Å²) in [7, 11) is 0. The molecule has 2 aromatic rings. The summed E-state index contributed by atoms with van der Waals surface area (Å²) in [5.74, 6) is 0.338. The number of ether oxygens (including phenoxy) is 1. The molecule has 0 aromatic heterocycles. The van der Waals surface area contributed by atoms with Gasteiger partial charge in [-0.2, -0.15) is 0 Å². The summed E-state index contributed by atoms with van der Waals surface area (Å²) in [4.78, 5) is 0. The molecule has 0 spiro atoms. The molecule has 0 radical (unpaired) electrons. The number of hydrogen-bond donors (Lipinski definition) is 2. The second-order valence-electron chi connectivity index (χ2n) is 4.39. The number of anilines is 3. The van der Waals surface area contributed by atoms with Crippen LogP contribution in [0.3, 0.4) is 0 Å². The fourth-order valence-corrected chi connectivity index (χ4v) is 2.08.